The van der Waals surface area contributed by atoms with Gasteiger partial charge in [0, 0.05) is 6.61 Å². The third kappa shape index (κ3) is 2.08. The van der Waals surface area contributed by atoms with Crippen LogP contribution in [0.4, 0.5) is 0 Å². The molecule has 4 fully saturated rings. The van der Waals surface area contributed by atoms with E-state index in [0.717, 1.165) is 19.3 Å². The Bertz CT molecular complexity index is 454. The first-order valence-corrected chi connectivity index (χ1v) is 8.25. The van der Waals surface area contributed by atoms with E-state index in [2.05, 4.69) is 0 Å². The Hall–Kier alpha value is -0.240. The van der Waals surface area contributed by atoms with Crippen LogP contribution in [0.25, 0.3) is 0 Å². The van der Waals surface area contributed by atoms with Crippen LogP contribution in [0.5, 0.6) is 0 Å². The monoisotopic (exact) mass is 314 g/mol. The molecule has 0 aromatic carbocycles. The number of fused-ring (bicyclic) bond motifs is 3. The van der Waals surface area contributed by atoms with E-state index in [4.69, 9.17) is 28.4 Å². The predicted octanol–water partition coefficient (Wildman–Crippen LogP) is 1.96. The lowest BCUT2D eigenvalue weighted by molar-refractivity contribution is -0.382. The highest BCUT2D eigenvalue weighted by molar-refractivity contribution is 5.13. The summed E-state index contributed by atoms with van der Waals surface area (Å²) < 4.78 is 36.8. The van der Waals surface area contributed by atoms with Crippen molar-refractivity contribution >= 4 is 0 Å². The molecular weight excluding hydrogens is 288 g/mol. The minimum Gasteiger partial charge on any atom is -0.366 e. The molecule has 4 aliphatic heterocycles. The van der Waals surface area contributed by atoms with Gasteiger partial charge in [-0.1, -0.05) is 0 Å². The summed E-state index contributed by atoms with van der Waals surface area (Å²) in [6, 6.07) is 0. The molecule has 0 bridgehead atoms. The molecule has 0 aromatic heterocycles. The average molecular weight is 314 g/mol. The summed E-state index contributed by atoms with van der Waals surface area (Å²) in [5, 5.41) is 0. The van der Waals surface area contributed by atoms with Crippen LogP contribution >= 0.6 is 0 Å². The lowest BCUT2D eigenvalue weighted by atomic mass is 9.77. The Morgan fingerprint density at radius 1 is 0.864 bits per heavy atom. The zero-order chi connectivity index (χ0) is 15.6. The van der Waals surface area contributed by atoms with Gasteiger partial charge >= 0.3 is 0 Å². The van der Waals surface area contributed by atoms with Crippen molar-refractivity contribution in [1.82, 2.24) is 0 Å². The minimum atomic E-state index is -0.915. The van der Waals surface area contributed by atoms with Gasteiger partial charge in [-0.3, -0.25) is 0 Å². The Morgan fingerprint density at radius 3 is 2.32 bits per heavy atom. The van der Waals surface area contributed by atoms with Crippen LogP contribution in [-0.2, 0) is 28.4 Å². The second kappa shape index (κ2) is 4.65. The van der Waals surface area contributed by atoms with Crippen LogP contribution in [0, 0.1) is 0 Å². The third-order valence-electron chi connectivity index (χ3n) is 5.09. The molecule has 2 spiro atoms. The van der Waals surface area contributed by atoms with Gasteiger partial charge in [-0.25, -0.2) is 0 Å². The molecule has 4 heterocycles. The second-order valence-electron chi connectivity index (χ2n) is 7.64. The molecule has 4 saturated heterocycles. The fourth-order valence-corrected chi connectivity index (χ4v) is 4.25. The van der Waals surface area contributed by atoms with Gasteiger partial charge in [-0.2, -0.15) is 0 Å². The van der Waals surface area contributed by atoms with Crippen LogP contribution in [0.2, 0.25) is 0 Å². The van der Waals surface area contributed by atoms with E-state index in [9.17, 15) is 0 Å². The molecule has 0 N–H and O–H groups in total. The van der Waals surface area contributed by atoms with Crippen LogP contribution in [0.1, 0.15) is 47.0 Å². The largest absolute Gasteiger partial charge is 0.366 e. The van der Waals surface area contributed by atoms with Crippen molar-refractivity contribution in [3.63, 3.8) is 0 Å². The topological polar surface area (TPSA) is 55.4 Å². The zero-order valence-corrected chi connectivity index (χ0v) is 13.8. The average Bonchev–Trinajstić information content (AvgIpc) is 2.94. The summed E-state index contributed by atoms with van der Waals surface area (Å²) in [5.74, 6) is -2.23. The standard InChI is InChI=1S/C16H26O6/c1-13(2)19-10-16(22-13)15(7-5-6-8-17-15)12-11(9-18-16)20-14(3,4)21-12/h11-12H,5-10H2,1-4H3/t11-,12-,15-,16+/m1/s1. The summed E-state index contributed by atoms with van der Waals surface area (Å²) in [5.41, 5.74) is -0.671. The van der Waals surface area contributed by atoms with Crippen molar-refractivity contribution in [1.29, 1.82) is 0 Å². The molecule has 0 saturated carbocycles. The highest BCUT2D eigenvalue weighted by atomic mass is 16.9. The maximum absolute atomic E-state index is 6.31. The quantitative estimate of drug-likeness (QED) is 0.681. The van der Waals surface area contributed by atoms with E-state index in [1.807, 2.05) is 27.7 Å². The third-order valence-corrected chi connectivity index (χ3v) is 5.09. The fourth-order valence-electron chi connectivity index (χ4n) is 4.25. The molecule has 0 aliphatic carbocycles. The van der Waals surface area contributed by atoms with E-state index in [1.54, 1.807) is 0 Å². The summed E-state index contributed by atoms with van der Waals surface area (Å²) in [6.07, 6.45) is 2.60. The zero-order valence-electron chi connectivity index (χ0n) is 13.8. The molecule has 4 atom stereocenters. The van der Waals surface area contributed by atoms with Gasteiger partial charge in [-0.15, -0.1) is 0 Å². The number of hydrogen-bond donors (Lipinski definition) is 0. The highest BCUT2D eigenvalue weighted by Gasteiger charge is 2.71. The Kier molecular flexibility index (Phi) is 3.23. The first-order chi connectivity index (χ1) is 10.3. The SMILES string of the molecule is CC1(C)O[C@@H]2[C@@H](CO[C@]3(COC(C)(C)O3)[C@@]23CCCCO3)O1. The highest BCUT2D eigenvalue weighted by Crippen LogP contribution is 2.54. The maximum atomic E-state index is 6.31. The number of hydrogen-bond acceptors (Lipinski definition) is 6. The molecule has 0 amide bonds. The molecule has 4 rings (SSSR count). The summed E-state index contributed by atoms with van der Waals surface area (Å²) in [4.78, 5) is 0. The summed E-state index contributed by atoms with van der Waals surface area (Å²) >= 11 is 0. The van der Waals surface area contributed by atoms with Crippen molar-refractivity contribution < 1.29 is 28.4 Å². The Labute approximate surface area is 131 Å². The van der Waals surface area contributed by atoms with Crippen molar-refractivity contribution in [2.24, 2.45) is 0 Å². The molecule has 6 nitrogen and oxygen atoms in total. The molecule has 0 unspecified atom stereocenters. The lowest BCUT2D eigenvalue weighted by Gasteiger charge is -2.54. The van der Waals surface area contributed by atoms with Crippen molar-refractivity contribution in [2.45, 2.75) is 82.1 Å². The summed E-state index contributed by atoms with van der Waals surface area (Å²) in [6.45, 7) is 9.15. The van der Waals surface area contributed by atoms with Crippen molar-refractivity contribution in [3.05, 3.63) is 0 Å². The van der Waals surface area contributed by atoms with Crippen LogP contribution in [0.15, 0.2) is 0 Å². The van der Waals surface area contributed by atoms with E-state index in [0.29, 0.717) is 19.8 Å². The van der Waals surface area contributed by atoms with Gasteiger partial charge in [0.1, 0.15) is 18.8 Å². The van der Waals surface area contributed by atoms with E-state index in [-0.39, 0.29) is 12.2 Å². The fraction of sp³-hybridized carbons (Fsp3) is 1.00. The first kappa shape index (κ1) is 15.3. The maximum Gasteiger partial charge on any atom is 0.227 e. The van der Waals surface area contributed by atoms with Crippen LogP contribution < -0.4 is 0 Å². The number of ether oxygens (including phenoxy) is 6. The van der Waals surface area contributed by atoms with Gasteiger partial charge in [0.05, 0.1) is 6.61 Å². The molecule has 126 valence electrons. The van der Waals surface area contributed by atoms with Gasteiger partial charge < -0.3 is 28.4 Å². The van der Waals surface area contributed by atoms with Crippen molar-refractivity contribution in [3.8, 4) is 0 Å². The molecule has 22 heavy (non-hydrogen) atoms. The van der Waals surface area contributed by atoms with Crippen molar-refractivity contribution in [2.75, 3.05) is 19.8 Å². The Balaban J connectivity index is 1.74. The Morgan fingerprint density at radius 2 is 1.68 bits per heavy atom. The number of rotatable bonds is 0. The van der Waals surface area contributed by atoms with Gasteiger partial charge in [0.25, 0.3) is 0 Å². The molecule has 0 radical (unpaired) electrons. The van der Waals surface area contributed by atoms with Gasteiger partial charge in [0.2, 0.25) is 5.79 Å². The lowest BCUT2D eigenvalue weighted by Crippen LogP contribution is -2.72. The molecule has 0 aromatic rings. The van der Waals surface area contributed by atoms with Crippen LogP contribution in [-0.4, -0.2) is 55.0 Å². The minimum absolute atomic E-state index is 0.133. The van der Waals surface area contributed by atoms with E-state index < -0.39 is 23.0 Å². The van der Waals surface area contributed by atoms with E-state index >= 15 is 0 Å². The second-order valence-corrected chi connectivity index (χ2v) is 7.64. The smallest absolute Gasteiger partial charge is 0.227 e. The predicted molar refractivity (Wildman–Crippen MR) is 76.2 cm³/mol. The van der Waals surface area contributed by atoms with E-state index in [1.165, 1.54) is 0 Å². The molecular formula is C16H26O6. The first-order valence-electron chi connectivity index (χ1n) is 8.25. The van der Waals surface area contributed by atoms with Gasteiger partial charge in [-0.05, 0) is 47.0 Å². The van der Waals surface area contributed by atoms with Crippen LogP contribution in [0.3, 0.4) is 0 Å². The normalized spacial score (nSPS) is 49.6. The molecule has 6 heteroatoms. The van der Waals surface area contributed by atoms with Gasteiger partial charge in [0.15, 0.2) is 17.2 Å². The summed E-state index contributed by atoms with van der Waals surface area (Å²) in [7, 11) is 0. The molecule has 4 aliphatic rings.